The van der Waals surface area contributed by atoms with Gasteiger partial charge in [0.2, 0.25) is 0 Å². The van der Waals surface area contributed by atoms with Gasteiger partial charge in [-0.15, -0.1) is 0 Å². The van der Waals surface area contributed by atoms with Crippen molar-refractivity contribution in [3.05, 3.63) is 53.5 Å². The van der Waals surface area contributed by atoms with E-state index in [2.05, 4.69) is 4.98 Å². The van der Waals surface area contributed by atoms with E-state index in [1.807, 2.05) is 13.8 Å². The quantitative estimate of drug-likeness (QED) is 0.917. The molecule has 0 atom stereocenters. The maximum atomic E-state index is 13.2. The van der Waals surface area contributed by atoms with Crippen LogP contribution in [0.2, 0.25) is 0 Å². The van der Waals surface area contributed by atoms with Crippen LogP contribution in [0.5, 0.6) is 0 Å². The molecule has 5 heteroatoms. The molecule has 0 amide bonds. The summed E-state index contributed by atoms with van der Waals surface area (Å²) in [6.45, 7) is 3.90. The summed E-state index contributed by atoms with van der Waals surface area (Å²) in [5, 5.41) is 9.68. The molecular weight excluding hydrogens is 277 g/mol. The fraction of sp³-hybridized carbons (Fsp3) is 0.200. The van der Waals surface area contributed by atoms with Crippen LogP contribution in [0.15, 0.2) is 46.3 Å². The van der Waals surface area contributed by atoms with Gasteiger partial charge in [0.05, 0.1) is 5.56 Å². The average molecular weight is 291 g/mol. The smallest absolute Gasteiger partial charge is 0.335 e. The zero-order valence-corrected chi connectivity index (χ0v) is 11.9. The molecule has 2 rings (SSSR count). The van der Waals surface area contributed by atoms with E-state index < -0.39 is 5.97 Å². The third-order valence-corrected chi connectivity index (χ3v) is 3.59. The highest BCUT2D eigenvalue weighted by atomic mass is 32.2. The molecule has 0 aliphatic heterocycles. The lowest BCUT2D eigenvalue weighted by molar-refractivity contribution is 0.0696. The van der Waals surface area contributed by atoms with Crippen molar-refractivity contribution in [2.45, 2.75) is 29.7 Å². The number of aromatic nitrogens is 1. The van der Waals surface area contributed by atoms with E-state index in [1.165, 1.54) is 30.0 Å². The molecule has 0 unspecified atom stereocenters. The van der Waals surface area contributed by atoms with Crippen LogP contribution in [0, 0.1) is 5.82 Å². The first-order valence-corrected chi connectivity index (χ1v) is 6.96. The zero-order valence-electron chi connectivity index (χ0n) is 11.1. The summed E-state index contributed by atoms with van der Waals surface area (Å²) < 4.78 is 13.2. The molecule has 1 heterocycles. The second kappa shape index (κ2) is 6.05. The number of halogens is 1. The van der Waals surface area contributed by atoms with Gasteiger partial charge < -0.3 is 5.11 Å². The van der Waals surface area contributed by atoms with Crippen molar-refractivity contribution in [1.82, 2.24) is 4.98 Å². The predicted octanol–water partition coefficient (Wildman–Crippen LogP) is 4.19. The van der Waals surface area contributed by atoms with E-state index in [0.717, 1.165) is 0 Å². The number of aromatic carboxylic acids is 1. The molecule has 0 saturated carbocycles. The number of carboxylic acid groups (broad SMARTS) is 1. The third kappa shape index (κ3) is 3.57. The summed E-state index contributed by atoms with van der Waals surface area (Å²) in [4.78, 5) is 16.2. The predicted molar refractivity (Wildman–Crippen MR) is 75.8 cm³/mol. The minimum Gasteiger partial charge on any atom is -0.478 e. The fourth-order valence-corrected chi connectivity index (χ4v) is 2.55. The van der Waals surface area contributed by atoms with Gasteiger partial charge in [-0.05, 0) is 36.2 Å². The Balaban J connectivity index is 2.38. The highest BCUT2D eigenvalue weighted by molar-refractivity contribution is 7.99. The Kier molecular flexibility index (Phi) is 4.39. The third-order valence-electron chi connectivity index (χ3n) is 2.68. The van der Waals surface area contributed by atoms with Crippen molar-refractivity contribution in [3.63, 3.8) is 0 Å². The molecule has 0 spiro atoms. The van der Waals surface area contributed by atoms with Gasteiger partial charge in [-0.25, -0.2) is 14.2 Å². The van der Waals surface area contributed by atoms with Gasteiger partial charge in [0.1, 0.15) is 10.8 Å². The molecule has 1 aromatic heterocycles. The fourth-order valence-electron chi connectivity index (χ4n) is 1.65. The first kappa shape index (κ1) is 14.5. The van der Waals surface area contributed by atoms with E-state index in [1.54, 1.807) is 18.2 Å². The molecule has 3 nitrogen and oxygen atoms in total. The molecule has 1 N–H and O–H groups in total. The van der Waals surface area contributed by atoms with Crippen LogP contribution in [0.1, 0.15) is 35.8 Å². The largest absolute Gasteiger partial charge is 0.478 e. The number of hydrogen-bond acceptors (Lipinski definition) is 3. The van der Waals surface area contributed by atoms with Crippen molar-refractivity contribution in [3.8, 4) is 0 Å². The van der Waals surface area contributed by atoms with Crippen molar-refractivity contribution in [2.24, 2.45) is 0 Å². The van der Waals surface area contributed by atoms with E-state index in [9.17, 15) is 9.18 Å². The van der Waals surface area contributed by atoms with Gasteiger partial charge in [0, 0.05) is 10.6 Å². The topological polar surface area (TPSA) is 50.2 Å². The number of carboxylic acids is 1. The van der Waals surface area contributed by atoms with Crippen LogP contribution in [-0.2, 0) is 0 Å². The Morgan fingerprint density at radius 2 is 2.05 bits per heavy atom. The van der Waals surface area contributed by atoms with Crippen LogP contribution in [0.25, 0.3) is 0 Å². The lowest BCUT2D eigenvalue weighted by Gasteiger charge is -2.09. The molecule has 0 aliphatic carbocycles. The summed E-state index contributed by atoms with van der Waals surface area (Å²) in [5.41, 5.74) is 0.909. The minimum absolute atomic E-state index is 0.126. The van der Waals surface area contributed by atoms with Gasteiger partial charge in [-0.3, -0.25) is 0 Å². The highest BCUT2D eigenvalue weighted by Gasteiger charge is 2.11. The highest BCUT2D eigenvalue weighted by Crippen LogP contribution is 2.28. The Morgan fingerprint density at radius 3 is 2.65 bits per heavy atom. The van der Waals surface area contributed by atoms with Crippen LogP contribution in [0.3, 0.4) is 0 Å². The Hall–Kier alpha value is -1.88. The molecule has 1 aromatic carbocycles. The summed E-state index contributed by atoms with van der Waals surface area (Å²) >= 11 is 1.25. The molecule has 2 aromatic rings. The minimum atomic E-state index is -0.990. The van der Waals surface area contributed by atoms with E-state index >= 15 is 0 Å². The normalized spacial score (nSPS) is 10.8. The summed E-state index contributed by atoms with van der Waals surface area (Å²) in [6.07, 6.45) is 0. The van der Waals surface area contributed by atoms with Gasteiger partial charge in [-0.1, -0.05) is 31.7 Å². The summed E-state index contributed by atoms with van der Waals surface area (Å²) in [7, 11) is 0. The molecule has 104 valence electrons. The zero-order chi connectivity index (χ0) is 14.7. The Bertz CT molecular complexity index is 644. The van der Waals surface area contributed by atoms with Gasteiger partial charge >= 0.3 is 5.97 Å². The lowest BCUT2D eigenvalue weighted by Crippen LogP contribution is -2.02. The lowest BCUT2D eigenvalue weighted by atomic mass is 10.1. The van der Waals surface area contributed by atoms with Crippen molar-refractivity contribution >= 4 is 17.7 Å². The first-order chi connectivity index (χ1) is 9.45. The molecular formula is C15H14FNO2S. The molecule has 0 bridgehead atoms. The number of carbonyl (C=O) groups is 1. The number of pyridine rings is 1. The monoisotopic (exact) mass is 291 g/mol. The van der Waals surface area contributed by atoms with Crippen LogP contribution < -0.4 is 0 Å². The van der Waals surface area contributed by atoms with Crippen LogP contribution >= 0.6 is 11.8 Å². The van der Waals surface area contributed by atoms with E-state index in [-0.39, 0.29) is 17.3 Å². The summed E-state index contributed by atoms with van der Waals surface area (Å²) in [5.74, 6) is -1.19. The van der Waals surface area contributed by atoms with Crippen molar-refractivity contribution in [2.75, 3.05) is 0 Å². The first-order valence-electron chi connectivity index (χ1n) is 6.14. The van der Waals surface area contributed by atoms with Gasteiger partial charge in [-0.2, -0.15) is 0 Å². The second-order valence-corrected chi connectivity index (χ2v) is 5.73. The maximum absolute atomic E-state index is 13.2. The average Bonchev–Trinajstić information content (AvgIpc) is 2.38. The second-order valence-electron chi connectivity index (χ2n) is 4.64. The number of benzene rings is 1. The van der Waals surface area contributed by atoms with Gasteiger partial charge in [0.15, 0.2) is 0 Å². The van der Waals surface area contributed by atoms with Crippen molar-refractivity contribution in [1.29, 1.82) is 0 Å². The standard InChI is InChI=1S/C15H14FNO2S/c1-9(2)13-6-10(15(18)19)7-14(17-13)20-12-5-3-4-11(16)8-12/h3-9H,1-2H3,(H,18,19). The van der Waals surface area contributed by atoms with Crippen molar-refractivity contribution < 1.29 is 14.3 Å². The van der Waals surface area contributed by atoms with Crippen LogP contribution in [0.4, 0.5) is 4.39 Å². The number of hydrogen-bond donors (Lipinski definition) is 1. The Morgan fingerprint density at radius 1 is 1.30 bits per heavy atom. The molecule has 0 fully saturated rings. The number of rotatable bonds is 4. The van der Waals surface area contributed by atoms with Crippen LogP contribution in [-0.4, -0.2) is 16.1 Å². The Labute approximate surface area is 120 Å². The SMILES string of the molecule is CC(C)c1cc(C(=O)O)cc(Sc2cccc(F)c2)n1. The molecule has 20 heavy (non-hydrogen) atoms. The van der Waals surface area contributed by atoms with E-state index in [4.69, 9.17) is 5.11 Å². The molecule has 0 radical (unpaired) electrons. The molecule has 0 aliphatic rings. The number of nitrogens with zero attached hydrogens (tertiary/aromatic N) is 1. The van der Waals surface area contributed by atoms with E-state index in [0.29, 0.717) is 15.6 Å². The maximum Gasteiger partial charge on any atom is 0.335 e. The summed E-state index contributed by atoms with van der Waals surface area (Å²) in [6, 6.07) is 9.21. The van der Waals surface area contributed by atoms with Gasteiger partial charge in [0.25, 0.3) is 0 Å². The molecule has 0 saturated heterocycles.